The number of hydrogen-bond acceptors (Lipinski definition) is 6. The van der Waals surface area contributed by atoms with E-state index < -0.39 is 21.9 Å². The van der Waals surface area contributed by atoms with Crippen molar-refractivity contribution in [2.75, 3.05) is 22.7 Å². The number of piperidine rings is 1. The summed E-state index contributed by atoms with van der Waals surface area (Å²) in [6.07, 6.45) is -0.578. The molecule has 2 heterocycles. The van der Waals surface area contributed by atoms with Crippen molar-refractivity contribution in [1.29, 1.82) is 0 Å². The van der Waals surface area contributed by atoms with Gasteiger partial charge in [-0.3, -0.25) is 4.72 Å². The molecule has 7 nitrogen and oxygen atoms in total. The number of alkyl halides is 2. The van der Waals surface area contributed by atoms with Crippen molar-refractivity contribution in [3.8, 4) is 0 Å². The van der Waals surface area contributed by atoms with Gasteiger partial charge in [-0.15, -0.1) is 11.3 Å². The Kier molecular flexibility index (Phi) is 4.84. The van der Waals surface area contributed by atoms with E-state index in [4.69, 9.17) is 5.11 Å². The number of carboxylic acid groups (broad SMARTS) is 1. The first-order valence-electron chi connectivity index (χ1n) is 7.61. The van der Waals surface area contributed by atoms with Crippen LogP contribution in [0, 0.1) is 0 Å². The number of carbonyl (C=O) groups is 1. The molecule has 0 saturated carbocycles. The Morgan fingerprint density at radius 3 is 2.42 bits per heavy atom. The Morgan fingerprint density at radius 1 is 1.23 bits per heavy atom. The summed E-state index contributed by atoms with van der Waals surface area (Å²) in [5.74, 6) is -3.80. The van der Waals surface area contributed by atoms with E-state index in [1.54, 1.807) is 4.90 Å². The fourth-order valence-corrected chi connectivity index (χ4v) is 4.64. The summed E-state index contributed by atoms with van der Waals surface area (Å²) in [4.78, 5) is 16.5. The summed E-state index contributed by atoms with van der Waals surface area (Å²) in [6.45, 7) is 0.230. The van der Waals surface area contributed by atoms with Gasteiger partial charge in [-0.05, 0) is 24.3 Å². The van der Waals surface area contributed by atoms with Gasteiger partial charge in [0, 0.05) is 37.0 Å². The quantitative estimate of drug-likeness (QED) is 0.796. The zero-order valence-electron chi connectivity index (χ0n) is 13.4. The topological polar surface area (TPSA) is 99.6 Å². The summed E-state index contributed by atoms with van der Waals surface area (Å²) in [5, 5.41) is 10.4. The third-order valence-corrected chi connectivity index (χ3v) is 6.21. The molecule has 1 aliphatic rings. The van der Waals surface area contributed by atoms with Crippen LogP contribution < -0.4 is 9.62 Å². The lowest BCUT2D eigenvalue weighted by molar-refractivity contribution is -0.0220. The molecule has 0 unspecified atom stereocenters. The van der Waals surface area contributed by atoms with Gasteiger partial charge in [0.15, 0.2) is 10.2 Å². The van der Waals surface area contributed by atoms with Crippen molar-refractivity contribution < 1.29 is 27.1 Å². The van der Waals surface area contributed by atoms with Crippen LogP contribution in [0.25, 0.3) is 0 Å². The van der Waals surface area contributed by atoms with Crippen LogP contribution in [0.15, 0.2) is 34.7 Å². The maximum absolute atomic E-state index is 13.2. The number of carboxylic acids is 1. The maximum Gasteiger partial charge on any atom is 0.335 e. The molecule has 1 aliphatic heterocycles. The van der Waals surface area contributed by atoms with Crippen LogP contribution in [0.2, 0.25) is 0 Å². The Labute approximate surface area is 152 Å². The van der Waals surface area contributed by atoms with Crippen LogP contribution in [0.5, 0.6) is 0 Å². The number of thiazole rings is 1. The monoisotopic (exact) mass is 403 g/mol. The fourth-order valence-electron chi connectivity index (χ4n) is 2.43. The molecule has 0 bridgehead atoms. The zero-order chi connectivity index (χ0) is 18.9. The SMILES string of the molecule is O=C(O)c1ccc(NS(=O)(=O)c2csc(N3CCC(F)(F)CC3)n2)cc1. The number of sulfonamides is 1. The number of rotatable bonds is 5. The molecule has 0 radical (unpaired) electrons. The van der Waals surface area contributed by atoms with Crippen LogP contribution in [0.4, 0.5) is 19.6 Å². The van der Waals surface area contributed by atoms with E-state index in [2.05, 4.69) is 9.71 Å². The van der Waals surface area contributed by atoms with Crippen molar-refractivity contribution in [2.45, 2.75) is 23.8 Å². The number of anilines is 2. The number of benzene rings is 1. The Hall–Kier alpha value is -2.27. The zero-order valence-corrected chi connectivity index (χ0v) is 15.0. The van der Waals surface area contributed by atoms with Gasteiger partial charge in [0.05, 0.1) is 5.56 Å². The molecule has 2 N–H and O–H groups in total. The predicted octanol–water partition coefficient (Wildman–Crippen LogP) is 2.88. The van der Waals surface area contributed by atoms with E-state index in [-0.39, 0.29) is 42.2 Å². The predicted molar refractivity (Wildman–Crippen MR) is 92.7 cm³/mol. The highest BCUT2D eigenvalue weighted by atomic mass is 32.2. The second kappa shape index (κ2) is 6.80. The molecule has 1 saturated heterocycles. The molecule has 0 aliphatic carbocycles. The summed E-state index contributed by atoms with van der Waals surface area (Å²) in [6, 6.07) is 5.23. The van der Waals surface area contributed by atoms with Crippen molar-refractivity contribution in [3.05, 3.63) is 35.2 Å². The molecule has 2 aromatic rings. The van der Waals surface area contributed by atoms with Gasteiger partial charge in [0.25, 0.3) is 15.9 Å². The smallest absolute Gasteiger partial charge is 0.335 e. The van der Waals surface area contributed by atoms with Crippen LogP contribution in [0.1, 0.15) is 23.2 Å². The second-order valence-corrected chi connectivity index (χ2v) is 8.27. The average molecular weight is 403 g/mol. The first-order valence-corrected chi connectivity index (χ1v) is 9.97. The van der Waals surface area contributed by atoms with Crippen LogP contribution in [0.3, 0.4) is 0 Å². The lowest BCUT2D eigenvalue weighted by atomic mass is 10.1. The Morgan fingerprint density at radius 2 is 1.85 bits per heavy atom. The minimum absolute atomic E-state index is 0.0331. The molecule has 140 valence electrons. The number of halogens is 2. The van der Waals surface area contributed by atoms with E-state index in [9.17, 15) is 22.0 Å². The minimum Gasteiger partial charge on any atom is -0.478 e. The number of aromatic carboxylic acids is 1. The second-order valence-electron chi connectivity index (χ2n) is 5.80. The van der Waals surface area contributed by atoms with Crippen LogP contribution >= 0.6 is 11.3 Å². The molecule has 1 fully saturated rings. The van der Waals surface area contributed by atoms with Crippen molar-refractivity contribution in [2.24, 2.45) is 0 Å². The van der Waals surface area contributed by atoms with Gasteiger partial charge in [-0.25, -0.2) is 18.6 Å². The molecular weight excluding hydrogens is 388 g/mol. The van der Waals surface area contributed by atoms with E-state index in [1.165, 1.54) is 29.6 Å². The summed E-state index contributed by atoms with van der Waals surface area (Å²) in [5.41, 5.74) is 0.230. The normalized spacial score (nSPS) is 17.1. The molecule has 1 aromatic heterocycles. The third-order valence-electron chi connectivity index (χ3n) is 3.90. The van der Waals surface area contributed by atoms with E-state index in [1.807, 2.05) is 0 Å². The Balaban J connectivity index is 1.72. The van der Waals surface area contributed by atoms with Gasteiger partial charge in [0.2, 0.25) is 0 Å². The highest BCUT2D eigenvalue weighted by molar-refractivity contribution is 7.92. The summed E-state index contributed by atoms with van der Waals surface area (Å²) in [7, 11) is -3.96. The van der Waals surface area contributed by atoms with Crippen LogP contribution in [-0.2, 0) is 10.0 Å². The molecule has 0 spiro atoms. The molecule has 0 amide bonds. The highest BCUT2D eigenvalue weighted by Gasteiger charge is 2.35. The van der Waals surface area contributed by atoms with Gasteiger partial charge in [0.1, 0.15) is 0 Å². The molecule has 1 aromatic carbocycles. The number of nitrogens with zero attached hydrogens (tertiary/aromatic N) is 2. The molecule has 3 rings (SSSR count). The summed E-state index contributed by atoms with van der Waals surface area (Å²) >= 11 is 1.07. The number of hydrogen-bond donors (Lipinski definition) is 2. The minimum atomic E-state index is -3.96. The number of nitrogens with one attached hydrogen (secondary N) is 1. The highest BCUT2D eigenvalue weighted by Crippen LogP contribution is 2.32. The third kappa shape index (κ3) is 4.10. The van der Waals surface area contributed by atoms with Crippen molar-refractivity contribution in [3.63, 3.8) is 0 Å². The van der Waals surface area contributed by atoms with Crippen molar-refractivity contribution in [1.82, 2.24) is 4.98 Å². The molecular formula is C15H15F2N3O4S2. The van der Waals surface area contributed by atoms with E-state index in [0.29, 0.717) is 5.13 Å². The largest absolute Gasteiger partial charge is 0.478 e. The van der Waals surface area contributed by atoms with Gasteiger partial charge in [-0.2, -0.15) is 8.42 Å². The van der Waals surface area contributed by atoms with Gasteiger partial charge >= 0.3 is 5.97 Å². The van der Waals surface area contributed by atoms with Gasteiger partial charge < -0.3 is 10.0 Å². The first-order chi connectivity index (χ1) is 12.2. The molecule has 11 heteroatoms. The average Bonchev–Trinajstić information content (AvgIpc) is 3.06. The standard InChI is InChI=1S/C15H15F2N3O4S2/c16-15(17)5-7-20(8-6-15)14-18-12(9-25-14)26(23,24)19-11-3-1-10(2-4-11)13(21)22/h1-4,9,19H,5-8H2,(H,21,22). The fraction of sp³-hybridized carbons (Fsp3) is 0.333. The lowest BCUT2D eigenvalue weighted by Gasteiger charge is -2.31. The van der Waals surface area contributed by atoms with Crippen LogP contribution in [-0.4, -0.2) is 43.5 Å². The molecule has 0 atom stereocenters. The Bertz CT molecular complexity index is 903. The van der Waals surface area contributed by atoms with E-state index in [0.717, 1.165) is 11.3 Å². The lowest BCUT2D eigenvalue weighted by Crippen LogP contribution is -2.39. The van der Waals surface area contributed by atoms with Gasteiger partial charge in [-0.1, -0.05) is 0 Å². The van der Waals surface area contributed by atoms with E-state index >= 15 is 0 Å². The van der Waals surface area contributed by atoms with Crippen molar-refractivity contribution >= 4 is 38.1 Å². The maximum atomic E-state index is 13.2. The first kappa shape index (κ1) is 18.5. The number of aromatic nitrogens is 1. The summed E-state index contributed by atoms with van der Waals surface area (Å²) < 4.78 is 53.6. The molecule has 26 heavy (non-hydrogen) atoms.